The van der Waals surface area contributed by atoms with Crippen LogP contribution < -0.4 is 15.8 Å². The monoisotopic (exact) mass is 248 g/mol. The number of hydrogen-bond donors (Lipinski definition) is 2. The van der Waals surface area contributed by atoms with Gasteiger partial charge in [0.1, 0.15) is 5.75 Å². The van der Waals surface area contributed by atoms with Crippen molar-refractivity contribution in [3.05, 3.63) is 18.2 Å². The maximum Gasteiger partial charge on any atom is 0.121 e. The van der Waals surface area contributed by atoms with Crippen LogP contribution in [0.4, 0.5) is 11.4 Å². The van der Waals surface area contributed by atoms with E-state index in [2.05, 4.69) is 12.2 Å². The van der Waals surface area contributed by atoms with Gasteiger partial charge in [-0.05, 0) is 30.4 Å². The lowest BCUT2D eigenvalue weighted by molar-refractivity contribution is 0.268. The van der Waals surface area contributed by atoms with Crippen LogP contribution in [-0.2, 0) is 0 Å². The number of benzene rings is 1. The van der Waals surface area contributed by atoms with Gasteiger partial charge < -0.3 is 15.8 Å². The van der Waals surface area contributed by atoms with Gasteiger partial charge in [0.05, 0.1) is 18.5 Å². The predicted octanol–water partition coefficient (Wildman–Crippen LogP) is 3.52. The molecule has 0 radical (unpaired) electrons. The number of nitrogen functional groups attached to an aromatic ring is 1. The summed E-state index contributed by atoms with van der Waals surface area (Å²) in [5.41, 5.74) is 7.76. The van der Waals surface area contributed by atoms with Crippen molar-refractivity contribution in [3.63, 3.8) is 0 Å². The Bertz CT molecular complexity index is 392. The number of ether oxygens (including phenoxy) is 1. The fraction of sp³-hybridized carbons (Fsp3) is 0.600. The Morgan fingerprint density at radius 3 is 2.83 bits per heavy atom. The van der Waals surface area contributed by atoms with Crippen LogP contribution >= 0.6 is 0 Å². The highest BCUT2D eigenvalue weighted by atomic mass is 16.5. The minimum atomic E-state index is 0.768. The minimum absolute atomic E-state index is 0.768. The molecule has 2 atom stereocenters. The molecule has 0 aliphatic heterocycles. The highest BCUT2D eigenvalue weighted by Crippen LogP contribution is 2.31. The summed E-state index contributed by atoms with van der Waals surface area (Å²) in [6.45, 7) is 3.37. The van der Waals surface area contributed by atoms with Crippen LogP contribution in [0.1, 0.15) is 32.6 Å². The zero-order valence-electron chi connectivity index (χ0n) is 11.4. The third-order valence-corrected chi connectivity index (χ3v) is 4.10. The highest BCUT2D eigenvalue weighted by Gasteiger charge is 2.21. The van der Waals surface area contributed by atoms with Gasteiger partial charge in [-0.2, -0.15) is 0 Å². The second-order valence-electron chi connectivity index (χ2n) is 5.36. The number of rotatable bonds is 4. The molecule has 3 N–H and O–H groups in total. The molecule has 1 aromatic carbocycles. The van der Waals surface area contributed by atoms with Crippen molar-refractivity contribution in [2.45, 2.75) is 32.6 Å². The smallest absolute Gasteiger partial charge is 0.121 e. The predicted molar refractivity (Wildman–Crippen MR) is 77.0 cm³/mol. The molecular weight excluding hydrogens is 224 g/mol. The lowest BCUT2D eigenvalue weighted by atomic mass is 9.80. The molecule has 0 heterocycles. The maximum absolute atomic E-state index is 5.98. The van der Waals surface area contributed by atoms with Crippen molar-refractivity contribution in [1.82, 2.24) is 0 Å². The van der Waals surface area contributed by atoms with Crippen molar-refractivity contribution in [3.8, 4) is 5.75 Å². The molecule has 0 saturated heterocycles. The Kier molecular flexibility index (Phi) is 4.34. The summed E-state index contributed by atoms with van der Waals surface area (Å²) in [5, 5.41) is 3.48. The molecule has 1 aliphatic carbocycles. The zero-order valence-corrected chi connectivity index (χ0v) is 11.4. The Labute approximate surface area is 110 Å². The summed E-state index contributed by atoms with van der Waals surface area (Å²) >= 11 is 0. The van der Waals surface area contributed by atoms with E-state index in [4.69, 9.17) is 10.5 Å². The van der Waals surface area contributed by atoms with E-state index in [9.17, 15) is 0 Å². The number of hydrogen-bond acceptors (Lipinski definition) is 3. The Morgan fingerprint density at radius 2 is 2.11 bits per heavy atom. The summed E-state index contributed by atoms with van der Waals surface area (Å²) in [7, 11) is 1.68. The molecule has 1 saturated carbocycles. The molecule has 1 aliphatic rings. The van der Waals surface area contributed by atoms with Crippen LogP contribution in [0.3, 0.4) is 0 Å². The van der Waals surface area contributed by atoms with E-state index in [0.29, 0.717) is 0 Å². The van der Waals surface area contributed by atoms with Crippen molar-refractivity contribution in [2.75, 3.05) is 24.7 Å². The Balaban J connectivity index is 1.96. The van der Waals surface area contributed by atoms with E-state index >= 15 is 0 Å². The van der Waals surface area contributed by atoms with Gasteiger partial charge in [0.25, 0.3) is 0 Å². The second kappa shape index (κ2) is 5.98. The van der Waals surface area contributed by atoms with Gasteiger partial charge in [0.2, 0.25) is 0 Å². The van der Waals surface area contributed by atoms with E-state index in [0.717, 1.165) is 35.5 Å². The van der Waals surface area contributed by atoms with Crippen molar-refractivity contribution in [2.24, 2.45) is 11.8 Å². The van der Waals surface area contributed by atoms with E-state index in [1.807, 2.05) is 18.2 Å². The number of anilines is 2. The summed E-state index contributed by atoms with van der Waals surface area (Å²) in [4.78, 5) is 0. The van der Waals surface area contributed by atoms with Crippen LogP contribution in [0.5, 0.6) is 5.75 Å². The molecule has 2 rings (SSSR count). The second-order valence-corrected chi connectivity index (χ2v) is 5.36. The molecule has 0 bridgehead atoms. The molecule has 0 amide bonds. The fourth-order valence-electron chi connectivity index (χ4n) is 2.75. The zero-order chi connectivity index (χ0) is 13.0. The third kappa shape index (κ3) is 3.09. The van der Waals surface area contributed by atoms with Gasteiger partial charge in [0.15, 0.2) is 0 Å². The molecule has 100 valence electrons. The largest absolute Gasteiger partial charge is 0.497 e. The highest BCUT2D eigenvalue weighted by molar-refractivity contribution is 5.68. The molecule has 1 aromatic rings. The summed E-state index contributed by atoms with van der Waals surface area (Å²) in [6, 6.07) is 5.76. The topological polar surface area (TPSA) is 47.3 Å². The molecule has 3 nitrogen and oxygen atoms in total. The van der Waals surface area contributed by atoms with Crippen LogP contribution in [0, 0.1) is 11.8 Å². The summed E-state index contributed by atoms with van der Waals surface area (Å²) in [6.07, 6.45) is 5.45. The summed E-state index contributed by atoms with van der Waals surface area (Å²) in [5.74, 6) is 2.44. The lowest BCUT2D eigenvalue weighted by Gasteiger charge is -2.29. The van der Waals surface area contributed by atoms with E-state index in [1.165, 1.54) is 25.7 Å². The lowest BCUT2D eigenvalue weighted by Crippen LogP contribution is -2.24. The quantitative estimate of drug-likeness (QED) is 0.801. The Hall–Kier alpha value is -1.38. The van der Waals surface area contributed by atoms with Crippen LogP contribution in [0.2, 0.25) is 0 Å². The first-order valence-electron chi connectivity index (χ1n) is 6.88. The van der Waals surface area contributed by atoms with Gasteiger partial charge >= 0.3 is 0 Å². The standard InChI is InChI=1S/C15H24N2O/c1-11-5-3-4-6-12(11)10-17-15-9-13(18-2)7-8-14(15)16/h7-9,11-12,17H,3-6,10,16H2,1-2H3. The first kappa shape index (κ1) is 13.1. The van der Waals surface area contributed by atoms with Crippen LogP contribution in [0.25, 0.3) is 0 Å². The van der Waals surface area contributed by atoms with E-state index < -0.39 is 0 Å². The summed E-state index contributed by atoms with van der Waals surface area (Å²) < 4.78 is 5.23. The van der Waals surface area contributed by atoms with Gasteiger partial charge in [0, 0.05) is 12.6 Å². The average molecular weight is 248 g/mol. The number of nitrogens with two attached hydrogens (primary N) is 1. The van der Waals surface area contributed by atoms with Gasteiger partial charge in [-0.15, -0.1) is 0 Å². The maximum atomic E-state index is 5.98. The normalized spacial score (nSPS) is 23.7. The molecule has 3 heteroatoms. The first-order valence-corrected chi connectivity index (χ1v) is 6.88. The van der Waals surface area contributed by atoms with Gasteiger partial charge in [-0.1, -0.05) is 26.2 Å². The van der Waals surface area contributed by atoms with E-state index in [1.54, 1.807) is 7.11 Å². The van der Waals surface area contributed by atoms with Crippen molar-refractivity contribution >= 4 is 11.4 Å². The third-order valence-electron chi connectivity index (χ3n) is 4.10. The molecule has 0 aromatic heterocycles. The first-order chi connectivity index (χ1) is 8.70. The fourth-order valence-corrected chi connectivity index (χ4v) is 2.75. The van der Waals surface area contributed by atoms with Crippen LogP contribution in [0.15, 0.2) is 18.2 Å². The van der Waals surface area contributed by atoms with Crippen LogP contribution in [-0.4, -0.2) is 13.7 Å². The molecule has 18 heavy (non-hydrogen) atoms. The van der Waals surface area contributed by atoms with Crippen molar-refractivity contribution in [1.29, 1.82) is 0 Å². The van der Waals surface area contributed by atoms with E-state index in [-0.39, 0.29) is 0 Å². The molecular formula is C15H24N2O. The van der Waals surface area contributed by atoms with Crippen molar-refractivity contribution < 1.29 is 4.74 Å². The number of nitrogens with one attached hydrogen (secondary N) is 1. The average Bonchev–Trinajstić information content (AvgIpc) is 2.39. The SMILES string of the molecule is COc1ccc(N)c(NCC2CCCCC2C)c1. The Morgan fingerprint density at radius 1 is 1.33 bits per heavy atom. The molecule has 2 unspecified atom stereocenters. The number of methoxy groups -OCH3 is 1. The molecule has 1 fully saturated rings. The molecule has 0 spiro atoms. The van der Waals surface area contributed by atoms with Gasteiger partial charge in [-0.3, -0.25) is 0 Å². The minimum Gasteiger partial charge on any atom is -0.497 e. The van der Waals surface area contributed by atoms with Gasteiger partial charge in [-0.25, -0.2) is 0 Å².